The van der Waals surface area contributed by atoms with Gasteiger partial charge in [0, 0.05) is 33.1 Å². The number of rotatable bonds is 3. The fourth-order valence-electron chi connectivity index (χ4n) is 5.68. The molecule has 0 N–H and O–H groups in total. The Morgan fingerprint density at radius 1 is 1.15 bits per heavy atom. The van der Waals surface area contributed by atoms with Crippen LogP contribution in [0.5, 0.6) is 11.5 Å². The van der Waals surface area contributed by atoms with Gasteiger partial charge in [-0.1, -0.05) is 27.7 Å². The van der Waals surface area contributed by atoms with Crippen LogP contribution in [-0.4, -0.2) is 82.9 Å². The summed E-state index contributed by atoms with van der Waals surface area (Å²) in [6, 6.07) is 7.60. The van der Waals surface area contributed by atoms with Gasteiger partial charge in [0.2, 0.25) is 6.79 Å². The van der Waals surface area contributed by atoms with Gasteiger partial charge in [-0.25, -0.2) is 0 Å². The topological polar surface area (TPSA) is 95.3 Å². The maximum absolute atomic E-state index is 14.0. The number of nitrogens with zero attached hydrogens (tertiary/aromatic N) is 4. The number of likely N-dealkylation sites (N-methyl/N-ethyl adjacent to an activating group) is 1. The van der Waals surface area contributed by atoms with Crippen LogP contribution in [0.4, 0.5) is 0 Å². The second-order valence-electron chi connectivity index (χ2n) is 9.32. The highest BCUT2D eigenvalue weighted by Gasteiger charge is 2.75. The molecule has 2 unspecified atom stereocenters. The van der Waals surface area contributed by atoms with Gasteiger partial charge in [-0.05, 0) is 24.6 Å². The van der Waals surface area contributed by atoms with E-state index in [1.807, 2.05) is 18.2 Å². The van der Waals surface area contributed by atoms with Crippen molar-refractivity contribution in [2.45, 2.75) is 29.1 Å². The summed E-state index contributed by atoms with van der Waals surface area (Å²) < 4.78 is 16.6. The standard InChI is InChI=1S/C22H24N4O5S2/c1-20-18(27)26-17(14-3-4-15-16(9-14)31-13-30-15)21(11-23,12-25-5-7-29-8-6-25)10-22(26,33-32-20)19(28)24(20)2/h3-4,9,17H,5-8,10,12-13H2,1-2H3/t17-,20?,21+,22?/m0/s1. The molecule has 0 saturated carbocycles. The summed E-state index contributed by atoms with van der Waals surface area (Å²) in [4.78, 5) is 31.0. The van der Waals surface area contributed by atoms with Crippen LogP contribution >= 0.6 is 21.6 Å². The Morgan fingerprint density at radius 2 is 1.91 bits per heavy atom. The number of hydrogen-bond donors (Lipinski definition) is 0. The molecule has 6 aliphatic rings. The predicted molar refractivity (Wildman–Crippen MR) is 121 cm³/mol. The molecule has 0 aromatic heterocycles. The summed E-state index contributed by atoms with van der Waals surface area (Å²) in [7, 11) is 4.54. The third-order valence-corrected chi connectivity index (χ3v) is 11.2. The van der Waals surface area contributed by atoms with Crippen LogP contribution in [0.2, 0.25) is 0 Å². The second kappa shape index (κ2) is 7.18. The maximum atomic E-state index is 14.0. The van der Waals surface area contributed by atoms with E-state index in [1.54, 1.807) is 23.8 Å². The van der Waals surface area contributed by atoms with E-state index in [0.29, 0.717) is 44.3 Å². The van der Waals surface area contributed by atoms with Gasteiger partial charge in [0.15, 0.2) is 21.2 Å². The number of nitriles is 1. The van der Waals surface area contributed by atoms with E-state index < -0.39 is 21.2 Å². The lowest BCUT2D eigenvalue weighted by molar-refractivity contribution is -0.164. The number of carbonyl (C=O) groups excluding carboxylic acids is 2. The number of benzene rings is 1. The van der Waals surface area contributed by atoms with Gasteiger partial charge in [-0.2, -0.15) is 5.26 Å². The molecule has 1 aromatic carbocycles. The van der Waals surface area contributed by atoms with Gasteiger partial charge in [0.05, 0.1) is 30.7 Å². The highest BCUT2D eigenvalue weighted by molar-refractivity contribution is 8.78. The number of ether oxygens (including phenoxy) is 3. The first-order valence-electron chi connectivity index (χ1n) is 10.9. The van der Waals surface area contributed by atoms with Crippen LogP contribution < -0.4 is 9.47 Å². The van der Waals surface area contributed by atoms with Crippen LogP contribution in [0.15, 0.2) is 18.2 Å². The van der Waals surface area contributed by atoms with E-state index in [9.17, 15) is 14.9 Å². The van der Waals surface area contributed by atoms with E-state index in [0.717, 1.165) is 5.56 Å². The molecule has 0 aliphatic carbocycles. The molecule has 6 aliphatic heterocycles. The molecule has 0 radical (unpaired) electrons. The van der Waals surface area contributed by atoms with Crippen LogP contribution in [0.1, 0.15) is 24.9 Å². The Kier molecular flexibility index (Phi) is 4.66. The fourth-order valence-corrected chi connectivity index (χ4v) is 9.22. The zero-order valence-electron chi connectivity index (χ0n) is 18.4. The molecule has 5 fully saturated rings. The molecule has 2 amide bonds. The van der Waals surface area contributed by atoms with Gasteiger partial charge in [0.25, 0.3) is 11.8 Å². The number of fused-ring (bicyclic) bond motifs is 3. The molecule has 1 aromatic rings. The summed E-state index contributed by atoms with van der Waals surface area (Å²) in [5.41, 5.74) is -0.183. The fraction of sp³-hybridized carbons (Fsp3) is 0.591. The first-order valence-corrected chi connectivity index (χ1v) is 13.1. The zero-order chi connectivity index (χ0) is 23.0. The van der Waals surface area contributed by atoms with E-state index >= 15 is 0 Å². The number of hydrogen-bond acceptors (Lipinski definition) is 9. The Hall–Kier alpha value is -2.13. The van der Waals surface area contributed by atoms with Gasteiger partial charge < -0.3 is 24.0 Å². The Labute approximate surface area is 199 Å². The minimum absolute atomic E-state index is 0.113. The first-order chi connectivity index (χ1) is 15.8. The van der Waals surface area contributed by atoms with E-state index in [4.69, 9.17) is 14.2 Å². The Balaban J connectivity index is 1.52. The summed E-state index contributed by atoms with van der Waals surface area (Å²) in [6.07, 6.45) is 0.273. The molecule has 33 heavy (non-hydrogen) atoms. The lowest BCUT2D eigenvalue weighted by Crippen LogP contribution is -2.73. The van der Waals surface area contributed by atoms with Gasteiger partial charge in [-0.3, -0.25) is 14.5 Å². The summed E-state index contributed by atoms with van der Waals surface area (Å²) in [5, 5.41) is 10.7. The van der Waals surface area contributed by atoms with Crippen LogP contribution in [0, 0.1) is 16.7 Å². The monoisotopic (exact) mass is 488 g/mol. The van der Waals surface area contributed by atoms with Gasteiger partial charge in [-0.15, -0.1) is 0 Å². The minimum Gasteiger partial charge on any atom is -0.454 e. The van der Waals surface area contributed by atoms with Crippen LogP contribution in [-0.2, 0) is 14.3 Å². The molecule has 4 atom stereocenters. The third-order valence-electron chi connectivity index (χ3n) is 7.51. The average molecular weight is 489 g/mol. The number of piperazine rings is 1. The lowest BCUT2D eigenvalue weighted by atomic mass is 9.76. The summed E-state index contributed by atoms with van der Waals surface area (Å²) in [5.74, 6) is 0.993. The number of amides is 2. The normalized spacial score (nSPS) is 37.4. The van der Waals surface area contributed by atoms with Crippen LogP contribution in [0.25, 0.3) is 0 Å². The van der Waals surface area contributed by atoms with Gasteiger partial charge >= 0.3 is 0 Å². The molecule has 2 bridgehead atoms. The maximum Gasteiger partial charge on any atom is 0.261 e. The number of morpholine rings is 1. The lowest BCUT2D eigenvalue weighted by Gasteiger charge is -2.57. The second-order valence-corrected chi connectivity index (χ2v) is 12.1. The zero-order valence-corrected chi connectivity index (χ0v) is 20.0. The number of carbonyl (C=O) groups is 2. The Bertz CT molecular complexity index is 1090. The molecule has 11 heteroatoms. The van der Waals surface area contributed by atoms with Crippen molar-refractivity contribution in [2.75, 3.05) is 46.7 Å². The van der Waals surface area contributed by atoms with Crippen molar-refractivity contribution in [2.24, 2.45) is 5.41 Å². The molecule has 9 nitrogen and oxygen atoms in total. The smallest absolute Gasteiger partial charge is 0.261 e. The highest BCUT2D eigenvalue weighted by Crippen LogP contribution is 2.69. The Morgan fingerprint density at radius 3 is 2.67 bits per heavy atom. The van der Waals surface area contributed by atoms with E-state index in [-0.39, 0.29) is 25.0 Å². The molecular formula is C22H24N4O5S2. The SMILES string of the molecule is CN1C(=O)C23C[C@@](C#N)(CN4CCOCC4)[C@H](c4ccc5c(c4)OCO5)N2C(=O)C1(C)SS3. The predicted octanol–water partition coefficient (Wildman–Crippen LogP) is 1.81. The van der Waals surface area contributed by atoms with E-state index in [1.165, 1.54) is 21.6 Å². The van der Waals surface area contributed by atoms with Crippen molar-refractivity contribution >= 4 is 33.4 Å². The molecular weight excluding hydrogens is 464 g/mol. The minimum atomic E-state index is -1.11. The first kappa shape index (κ1) is 21.4. The van der Waals surface area contributed by atoms with Crippen molar-refractivity contribution in [1.82, 2.24) is 14.7 Å². The van der Waals surface area contributed by atoms with Gasteiger partial charge in [0.1, 0.15) is 0 Å². The largest absolute Gasteiger partial charge is 0.454 e. The van der Waals surface area contributed by atoms with Crippen molar-refractivity contribution in [3.8, 4) is 17.6 Å². The summed E-state index contributed by atoms with van der Waals surface area (Å²) in [6.45, 7) is 5.02. The molecule has 5 saturated heterocycles. The highest BCUT2D eigenvalue weighted by atomic mass is 33.1. The average Bonchev–Trinajstić information content (AvgIpc) is 3.41. The third kappa shape index (κ3) is 2.75. The quantitative estimate of drug-likeness (QED) is 0.590. The van der Waals surface area contributed by atoms with Crippen molar-refractivity contribution in [3.05, 3.63) is 23.8 Å². The van der Waals surface area contributed by atoms with Crippen molar-refractivity contribution < 1.29 is 23.8 Å². The van der Waals surface area contributed by atoms with E-state index in [2.05, 4.69) is 11.0 Å². The molecule has 1 spiro atoms. The molecule has 174 valence electrons. The van der Waals surface area contributed by atoms with Crippen molar-refractivity contribution in [3.63, 3.8) is 0 Å². The molecule has 6 heterocycles. The molecule has 7 rings (SSSR count). The summed E-state index contributed by atoms with van der Waals surface area (Å²) >= 11 is 0. The van der Waals surface area contributed by atoms with Crippen LogP contribution in [0.3, 0.4) is 0 Å². The van der Waals surface area contributed by atoms with Crippen molar-refractivity contribution in [1.29, 1.82) is 5.26 Å².